The predicted octanol–water partition coefficient (Wildman–Crippen LogP) is 7.79. The Morgan fingerprint density at radius 2 is 0.889 bits per heavy atom. The maximum absolute atomic E-state index is 11.3. The second-order valence-electron chi connectivity index (χ2n) is 9.54. The summed E-state index contributed by atoms with van der Waals surface area (Å²) in [5.41, 5.74) is 6.30. The molecule has 178 valence electrons. The van der Waals surface area contributed by atoms with E-state index in [1.807, 2.05) is 24.3 Å². The molecule has 2 aromatic heterocycles. The van der Waals surface area contributed by atoms with E-state index in [4.69, 9.17) is 0 Å². The van der Waals surface area contributed by atoms with E-state index in [-0.39, 0.29) is 0 Å². The van der Waals surface area contributed by atoms with Crippen molar-refractivity contribution in [1.29, 1.82) is 0 Å². The minimum Gasteiger partial charge on any atom is -0.340 e. The fourth-order valence-corrected chi connectivity index (χ4v) is 5.66. The lowest BCUT2D eigenvalue weighted by molar-refractivity contribution is 0.111. The Labute approximate surface area is 209 Å². The van der Waals surface area contributed by atoms with Crippen molar-refractivity contribution in [2.75, 3.05) is 0 Å². The molecular formula is C32H28N2O2. The first-order valence-electron chi connectivity index (χ1n) is 12.7. The van der Waals surface area contributed by atoms with Crippen molar-refractivity contribution in [3.8, 4) is 0 Å². The second kappa shape index (κ2) is 9.46. The van der Waals surface area contributed by atoms with Crippen molar-refractivity contribution in [3.05, 3.63) is 96.1 Å². The molecule has 0 radical (unpaired) electrons. The van der Waals surface area contributed by atoms with Gasteiger partial charge in [-0.15, -0.1) is 0 Å². The molecular weight excluding hydrogens is 444 g/mol. The lowest BCUT2D eigenvalue weighted by Crippen LogP contribution is -2.00. The smallest absolute Gasteiger partial charge is 0.150 e. The predicted molar refractivity (Wildman–Crippen MR) is 148 cm³/mol. The second-order valence-corrected chi connectivity index (χ2v) is 9.54. The molecule has 0 amide bonds. The number of aryl methyl sites for hydroxylation is 2. The van der Waals surface area contributed by atoms with Crippen molar-refractivity contribution < 1.29 is 9.59 Å². The van der Waals surface area contributed by atoms with Gasteiger partial charge in [-0.1, -0.05) is 49.2 Å². The van der Waals surface area contributed by atoms with Crippen LogP contribution in [0.3, 0.4) is 0 Å². The molecule has 0 fully saturated rings. The Kier molecular flexibility index (Phi) is 5.86. The highest BCUT2D eigenvalue weighted by atomic mass is 16.1. The molecule has 0 aliphatic heterocycles. The quantitative estimate of drug-likeness (QED) is 0.159. The number of benzene rings is 4. The molecule has 0 unspecified atom stereocenters. The van der Waals surface area contributed by atoms with Crippen molar-refractivity contribution in [2.45, 2.75) is 38.8 Å². The summed E-state index contributed by atoms with van der Waals surface area (Å²) >= 11 is 0. The number of carbonyl (C=O) groups excluding carboxylic acids is 2. The number of nitrogens with zero attached hydrogens (tertiary/aromatic N) is 2. The van der Waals surface area contributed by atoms with Gasteiger partial charge in [-0.2, -0.15) is 0 Å². The van der Waals surface area contributed by atoms with Crippen LogP contribution in [0, 0.1) is 0 Å². The molecule has 0 saturated heterocycles. The number of hydrogen-bond donors (Lipinski definition) is 0. The van der Waals surface area contributed by atoms with E-state index < -0.39 is 0 Å². The molecule has 0 saturated carbocycles. The summed E-state index contributed by atoms with van der Waals surface area (Å²) in [6.45, 7) is 1.93. The van der Waals surface area contributed by atoms with E-state index >= 15 is 0 Å². The van der Waals surface area contributed by atoms with Crippen LogP contribution in [0.5, 0.6) is 0 Å². The molecule has 6 rings (SSSR count). The van der Waals surface area contributed by atoms with Gasteiger partial charge in [-0.05, 0) is 61.4 Å². The first-order valence-corrected chi connectivity index (χ1v) is 12.7. The van der Waals surface area contributed by atoms with Gasteiger partial charge in [0.15, 0.2) is 0 Å². The van der Waals surface area contributed by atoms with Gasteiger partial charge in [0.1, 0.15) is 12.6 Å². The number of aromatic nitrogens is 2. The zero-order valence-corrected chi connectivity index (χ0v) is 20.2. The van der Waals surface area contributed by atoms with E-state index in [0.717, 1.165) is 73.2 Å². The molecule has 0 spiro atoms. The Morgan fingerprint density at radius 1 is 0.472 bits per heavy atom. The number of carbonyl (C=O) groups is 2. The van der Waals surface area contributed by atoms with Crippen molar-refractivity contribution >= 4 is 56.2 Å². The lowest BCUT2D eigenvalue weighted by atomic mass is 10.1. The fraction of sp³-hybridized carbons (Fsp3) is 0.188. The maximum atomic E-state index is 11.3. The third kappa shape index (κ3) is 3.79. The van der Waals surface area contributed by atoms with Gasteiger partial charge in [0, 0.05) is 67.8 Å². The van der Waals surface area contributed by atoms with Crippen LogP contribution < -0.4 is 0 Å². The van der Waals surface area contributed by atoms with Crippen LogP contribution in [0.1, 0.15) is 46.4 Å². The van der Waals surface area contributed by atoms with E-state index in [1.54, 1.807) is 0 Å². The summed E-state index contributed by atoms with van der Waals surface area (Å²) in [6.07, 6.45) is 6.38. The Balaban J connectivity index is 1.15. The molecule has 0 aliphatic rings. The molecule has 0 bridgehead atoms. The average molecular weight is 473 g/mol. The summed E-state index contributed by atoms with van der Waals surface area (Å²) < 4.78 is 4.80. The highest BCUT2D eigenvalue weighted by Crippen LogP contribution is 2.31. The van der Waals surface area contributed by atoms with Crippen LogP contribution >= 0.6 is 0 Å². The molecule has 36 heavy (non-hydrogen) atoms. The standard InChI is InChI=1S/C32H28N2O2/c35-21-23-13-15-31-27(19-23)25-9-3-5-11-29(25)33(31)17-7-1-2-8-18-34-30-12-6-4-10-26(30)28-20-24(22-36)14-16-32(28)34/h3-6,9-16,19-22H,1-2,7-8,17-18H2. The third-order valence-electron chi connectivity index (χ3n) is 7.38. The molecule has 4 aromatic carbocycles. The van der Waals surface area contributed by atoms with Crippen molar-refractivity contribution in [1.82, 2.24) is 9.13 Å². The van der Waals surface area contributed by atoms with E-state index in [9.17, 15) is 9.59 Å². The largest absolute Gasteiger partial charge is 0.340 e. The Morgan fingerprint density at radius 3 is 1.33 bits per heavy atom. The maximum Gasteiger partial charge on any atom is 0.150 e. The SMILES string of the molecule is O=Cc1ccc2c(c1)c1ccccc1n2CCCCCCn1c2ccccc2c2cc(C=O)ccc21. The first kappa shape index (κ1) is 22.3. The number of para-hydroxylation sites is 2. The van der Waals surface area contributed by atoms with Gasteiger partial charge in [0.05, 0.1) is 0 Å². The minimum absolute atomic E-state index is 0.720. The number of unbranched alkanes of at least 4 members (excludes halogenated alkanes) is 3. The van der Waals surface area contributed by atoms with Crippen LogP contribution in [0.25, 0.3) is 43.6 Å². The summed E-state index contributed by atoms with van der Waals surface area (Å²) in [4.78, 5) is 22.6. The van der Waals surface area contributed by atoms with Crippen molar-refractivity contribution in [2.24, 2.45) is 0 Å². The Bertz CT molecular complexity index is 1610. The van der Waals surface area contributed by atoms with Crippen LogP contribution in [-0.4, -0.2) is 21.7 Å². The summed E-state index contributed by atoms with van der Waals surface area (Å²) in [5, 5.41) is 4.72. The number of rotatable bonds is 9. The normalized spacial score (nSPS) is 11.7. The topological polar surface area (TPSA) is 44.0 Å². The van der Waals surface area contributed by atoms with Gasteiger partial charge in [-0.25, -0.2) is 0 Å². The van der Waals surface area contributed by atoms with E-state index in [2.05, 4.69) is 69.8 Å². The fourth-order valence-electron chi connectivity index (χ4n) is 5.66. The minimum atomic E-state index is 0.720. The van der Waals surface area contributed by atoms with Gasteiger partial charge in [-0.3, -0.25) is 9.59 Å². The van der Waals surface area contributed by atoms with Crippen LogP contribution in [0.2, 0.25) is 0 Å². The van der Waals surface area contributed by atoms with Gasteiger partial charge < -0.3 is 9.13 Å². The monoisotopic (exact) mass is 472 g/mol. The molecule has 4 nitrogen and oxygen atoms in total. The zero-order chi connectivity index (χ0) is 24.5. The summed E-state index contributed by atoms with van der Waals surface area (Å²) in [7, 11) is 0. The number of fused-ring (bicyclic) bond motifs is 6. The molecule has 4 heteroatoms. The van der Waals surface area contributed by atoms with E-state index in [1.165, 1.54) is 32.8 Å². The van der Waals surface area contributed by atoms with E-state index in [0.29, 0.717) is 0 Å². The molecule has 6 aromatic rings. The molecule has 0 N–H and O–H groups in total. The molecule has 0 aliphatic carbocycles. The summed E-state index contributed by atoms with van der Waals surface area (Å²) in [6, 6.07) is 28.9. The van der Waals surface area contributed by atoms with Gasteiger partial charge in [0.2, 0.25) is 0 Å². The van der Waals surface area contributed by atoms with Gasteiger partial charge in [0.25, 0.3) is 0 Å². The summed E-state index contributed by atoms with van der Waals surface area (Å²) in [5.74, 6) is 0. The highest BCUT2D eigenvalue weighted by molar-refractivity contribution is 6.10. The zero-order valence-electron chi connectivity index (χ0n) is 20.2. The number of hydrogen-bond acceptors (Lipinski definition) is 2. The number of aldehydes is 2. The highest BCUT2D eigenvalue weighted by Gasteiger charge is 2.12. The molecule has 2 heterocycles. The first-order chi connectivity index (χ1) is 17.8. The third-order valence-corrected chi connectivity index (χ3v) is 7.38. The Hall–Kier alpha value is -4.18. The molecule has 0 atom stereocenters. The lowest BCUT2D eigenvalue weighted by Gasteiger charge is -2.09. The average Bonchev–Trinajstić information content (AvgIpc) is 3.42. The van der Waals surface area contributed by atoms with Crippen molar-refractivity contribution in [3.63, 3.8) is 0 Å². The van der Waals surface area contributed by atoms with Crippen LogP contribution in [0.4, 0.5) is 0 Å². The van der Waals surface area contributed by atoms with Gasteiger partial charge >= 0.3 is 0 Å². The van der Waals surface area contributed by atoms with Crippen LogP contribution in [0.15, 0.2) is 84.9 Å². The van der Waals surface area contributed by atoms with Crippen LogP contribution in [-0.2, 0) is 13.1 Å².